The molecule has 3 N–H and O–H groups in total. The number of aliphatic hydroxyl groups is 1. The summed E-state index contributed by atoms with van der Waals surface area (Å²) in [6, 6.07) is 6.96. The van der Waals surface area contributed by atoms with E-state index in [0.29, 0.717) is 30.9 Å². The van der Waals surface area contributed by atoms with Crippen molar-refractivity contribution >= 4 is 11.6 Å². The highest BCUT2D eigenvalue weighted by atomic mass is 16.5. The van der Waals surface area contributed by atoms with E-state index in [4.69, 9.17) is 10.5 Å². The van der Waals surface area contributed by atoms with Gasteiger partial charge in [0, 0.05) is 24.8 Å². The summed E-state index contributed by atoms with van der Waals surface area (Å²) in [7, 11) is 0. The molecule has 0 aromatic heterocycles. The van der Waals surface area contributed by atoms with Crippen molar-refractivity contribution in [2.45, 2.75) is 18.9 Å². The second-order valence-electron chi connectivity index (χ2n) is 4.92. The van der Waals surface area contributed by atoms with Crippen LogP contribution in [0.4, 0.5) is 5.69 Å². The lowest BCUT2D eigenvalue weighted by molar-refractivity contribution is -0.133. The molecule has 2 rings (SSSR count). The second-order valence-corrected chi connectivity index (χ2v) is 4.92. The van der Waals surface area contributed by atoms with Crippen LogP contribution in [0.15, 0.2) is 24.3 Å². The van der Waals surface area contributed by atoms with Crippen LogP contribution in [0.1, 0.15) is 13.3 Å². The zero-order valence-corrected chi connectivity index (χ0v) is 10.4. The number of rotatable bonds is 3. The van der Waals surface area contributed by atoms with Crippen LogP contribution in [0.5, 0.6) is 5.75 Å². The number of benzene rings is 1. The maximum absolute atomic E-state index is 11.8. The molecule has 18 heavy (non-hydrogen) atoms. The van der Waals surface area contributed by atoms with Gasteiger partial charge in [0.1, 0.15) is 5.75 Å². The largest absolute Gasteiger partial charge is 0.484 e. The minimum absolute atomic E-state index is 0.0282. The molecule has 1 heterocycles. The number of nitrogen functional groups attached to an aromatic ring is 1. The molecule has 5 nitrogen and oxygen atoms in total. The lowest BCUT2D eigenvalue weighted by Crippen LogP contribution is -2.36. The smallest absolute Gasteiger partial charge is 0.260 e. The number of β-amino-alcohol motifs (C(OH)–C–C–N with tert-alkyl or cyclic N) is 1. The third-order valence-corrected chi connectivity index (χ3v) is 3.02. The van der Waals surface area contributed by atoms with Gasteiger partial charge in [-0.2, -0.15) is 0 Å². The Morgan fingerprint density at radius 3 is 3.00 bits per heavy atom. The monoisotopic (exact) mass is 250 g/mol. The first-order chi connectivity index (χ1) is 8.46. The van der Waals surface area contributed by atoms with Crippen LogP contribution in [0, 0.1) is 0 Å². The van der Waals surface area contributed by atoms with Crippen molar-refractivity contribution in [1.82, 2.24) is 4.90 Å². The maximum atomic E-state index is 11.8. The molecule has 1 saturated heterocycles. The average Bonchev–Trinajstić information content (AvgIpc) is 2.67. The number of anilines is 1. The van der Waals surface area contributed by atoms with Crippen LogP contribution in [0.25, 0.3) is 0 Å². The van der Waals surface area contributed by atoms with E-state index in [-0.39, 0.29) is 12.5 Å². The number of nitrogens with two attached hydrogens (primary N) is 1. The minimum atomic E-state index is -0.771. The second kappa shape index (κ2) is 4.86. The van der Waals surface area contributed by atoms with Crippen molar-refractivity contribution in [1.29, 1.82) is 0 Å². The molecule has 0 saturated carbocycles. The topological polar surface area (TPSA) is 75.8 Å². The highest BCUT2D eigenvalue weighted by Gasteiger charge is 2.33. The maximum Gasteiger partial charge on any atom is 0.260 e. The number of carbonyl (C=O) groups excluding carboxylic acids is 1. The van der Waals surface area contributed by atoms with Crippen molar-refractivity contribution in [3.8, 4) is 5.75 Å². The normalized spacial score (nSPS) is 23.1. The zero-order chi connectivity index (χ0) is 13.2. The van der Waals surface area contributed by atoms with Crippen molar-refractivity contribution in [3.05, 3.63) is 24.3 Å². The van der Waals surface area contributed by atoms with Crippen LogP contribution in [-0.4, -0.2) is 41.2 Å². The molecule has 1 aliphatic rings. The summed E-state index contributed by atoms with van der Waals surface area (Å²) in [4.78, 5) is 13.5. The molecule has 1 amide bonds. The Morgan fingerprint density at radius 1 is 1.61 bits per heavy atom. The molecule has 98 valence electrons. The average molecular weight is 250 g/mol. The van der Waals surface area contributed by atoms with Crippen LogP contribution in [-0.2, 0) is 4.79 Å². The van der Waals surface area contributed by atoms with Crippen molar-refractivity contribution in [2.75, 3.05) is 25.4 Å². The fourth-order valence-electron chi connectivity index (χ4n) is 2.00. The van der Waals surface area contributed by atoms with Gasteiger partial charge in [-0.1, -0.05) is 6.07 Å². The lowest BCUT2D eigenvalue weighted by Gasteiger charge is -2.19. The Balaban J connectivity index is 1.86. The highest BCUT2D eigenvalue weighted by molar-refractivity contribution is 5.78. The Morgan fingerprint density at radius 2 is 2.39 bits per heavy atom. The first-order valence-corrected chi connectivity index (χ1v) is 5.95. The fraction of sp³-hybridized carbons (Fsp3) is 0.462. The van der Waals surface area contributed by atoms with E-state index in [9.17, 15) is 9.90 Å². The Bertz CT molecular complexity index is 446. The molecule has 1 aromatic rings. The van der Waals surface area contributed by atoms with Gasteiger partial charge in [0.2, 0.25) is 0 Å². The van der Waals surface area contributed by atoms with Gasteiger partial charge < -0.3 is 20.5 Å². The summed E-state index contributed by atoms with van der Waals surface area (Å²) in [5.41, 5.74) is 5.44. The van der Waals surface area contributed by atoms with E-state index in [1.807, 2.05) is 0 Å². The van der Waals surface area contributed by atoms with Crippen LogP contribution in [0.2, 0.25) is 0 Å². The minimum Gasteiger partial charge on any atom is -0.484 e. The van der Waals surface area contributed by atoms with E-state index >= 15 is 0 Å². The predicted octanol–water partition coefficient (Wildman–Crippen LogP) is 0.631. The Kier molecular flexibility index (Phi) is 3.43. The molecule has 0 aliphatic carbocycles. The van der Waals surface area contributed by atoms with Gasteiger partial charge in [0.15, 0.2) is 6.61 Å². The number of carbonyl (C=O) groups is 1. The summed E-state index contributed by atoms with van der Waals surface area (Å²) in [5, 5.41) is 9.78. The number of likely N-dealkylation sites (tertiary alicyclic amines) is 1. The van der Waals surface area contributed by atoms with Gasteiger partial charge in [0.05, 0.1) is 5.60 Å². The van der Waals surface area contributed by atoms with Crippen molar-refractivity contribution < 1.29 is 14.6 Å². The molecular weight excluding hydrogens is 232 g/mol. The van der Waals surface area contributed by atoms with Gasteiger partial charge in [-0.05, 0) is 25.5 Å². The fourth-order valence-corrected chi connectivity index (χ4v) is 2.00. The van der Waals surface area contributed by atoms with E-state index in [0.717, 1.165) is 0 Å². The molecule has 1 aliphatic heterocycles. The molecule has 1 fully saturated rings. The third-order valence-electron chi connectivity index (χ3n) is 3.02. The van der Waals surface area contributed by atoms with E-state index in [1.54, 1.807) is 36.1 Å². The van der Waals surface area contributed by atoms with Gasteiger partial charge in [-0.15, -0.1) is 0 Å². The summed E-state index contributed by atoms with van der Waals surface area (Å²) in [5.74, 6) is 0.463. The van der Waals surface area contributed by atoms with Crippen molar-refractivity contribution in [2.24, 2.45) is 0 Å². The molecule has 0 spiro atoms. The molecule has 0 bridgehead atoms. The van der Waals surface area contributed by atoms with Crippen LogP contribution < -0.4 is 10.5 Å². The van der Waals surface area contributed by atoms with Crippen LogP contribution >= 0.6 is 0 Å². The number of hydrogen-bond donors (Lipinski definition) is 2. The first kappa shape index (κ1) is 12.7. The van der Waals surface area contributed by atoms with E-state index in [2.05, 4.69) is 0 Å². The Hall–Kier alpha value is -1.75. The molecular formula is C13H18N2O3. The summed E-state index contributed by atoms with van der Waals surface area (Å²) in [6.07, 6.45) is 0.608. The molecule has 1 unspecified atom stereocenters. The number of ether oxygens (including phenoxy) is 1. The molecule has 1 aromatic carbocycles. The van der Waals surface area contributed by atoms with Crippen LogP contribution in [0.3, 0.4) is 0 Å². The lowest BCUT2D eigenvalue weighted by atomic mass is 10.1. The number of hydrogen-bond acceptors (Lipinski definition) is 4. The van der Waals surface area contributed by atoms with Gasteiger partial charge in [0.25, 0.3) is 5.91 Å². The molecule has 0 radical (unpaired) electrons. The Labute approximate surface area is 106 Å². The van der Waals surface area contributed by atoms with Gasteiger partial charge in [-0.25, -0.2) is 0 Å². The van der Waals surface area contributed by atoms with E-state index in [1.165, 1.54) is 0 Å². The quantitative estimate of drug-likeness (QED) is 0.772. The van der Waals surface area contributed by atoms with E-state index < -0.39 is 5.60 Å². The van der Waals surface area contributed by atoms with Gasteiger partial charge >= 0.3 is 0 Å². The first-order valence-electron chi connectivity index (χ1n) is 5.95. The van der Waals surface area contributed by atoms with Crippen molar-refractivity contribution in [3.63, 3.8) is 0 Å². The molecule has 5 heteroatoms. The summed E-state index contributed by atoms with van der Waals surface area (Å²) in [6.45, 7) is 2.65. The summed E-state index contributed by atoms with van der Waals surface area (Å²) < 4.78 is 5.38. The van der Waals surface area contributed by atoms with Gasteiger partial charge in [-0.3, -0.25) is 4.79 Å². The SMILES string of the molecule is CC1(O)CCN(C(=O)COc2cccc(N)c2)C1. The highest BCUT2D eigenvalue weighted by Crippen LogP contribution is 2.20. The number of nitrogens with zero attached hydrogens (tertiary/aromatic N) is 1. The standard InChI is InChI=1S/C13H18N2O3/c1-13(17)5-6-15(9-13)12(16)8-18-11-4-2-3-10(14)7-11/h2-4,7,17H,5-6,8-9,14H2,1H3. The zero-order valence-electron chi connectivity index (χ0n) is 10.4. The molecule has 1 atom stereocenters. The third kappa shape index (κ3) is 3.13. The summed E-state index contributed by atoms with van der Waals surface area (Å²) >= 11 is 0. The predicted molar refractivity (Wildman–Crippen MR) is 68.2 cm³/mol. The number of amides is 1.